The van der Waals surface area contributed by atoms with Crippen LogP contribution in [0, 0.1) is 0 Å². The second-order valence-electron chi connectivity index (χ2n) is 4.32. The van der Waals surface area contributed by atoms with Crippen LogP contribution in [0.3, 0.4) is 0 Å². The Labute approximate surface area is 113 Å². The van der Waals surface area contributed by atoms with Gasteiger partial charge in [-0.1, -0.05) is 25.1 Å². The zero-order chi connectivity index (χ0) is 13.9. The van der Waals surface area contributed by atoms with Crippen molar-refractivity contribution in [2.75, 3.05) is 0 Å². The minimum Gasteiger partial charge on any atom is -0.281 e. The number of sulfonamides is 1. The molecule has 1 atom stereocenters. The van der Waals surface area contributed by atoms with E-state index >= 15 is 0 Å². The molecule has 1 aromatic heterocycles. The number of aromatic amines is 1. The minimum atomic E-state index is -3.53. The van der Waals surface area contributed by atoms with E-state index < -0.39 is 10.0 Å². The fourth-order valence-corrected chi connectivity index (χ4v) is 3.46. The molecule has 2 aromatic rings. The fraction of sp³-hybridized carbons (Fsp3) is 0.308. The van der Waals surface area contributed by atoms with Crippen LogP contribution < -0.4 is 4.72 Å². The number of benzene rings is 1. The lowest BCUT2D eigenvalue weighted by atomic mass is 10.2. The van der Waals surface area contributed by atoms with Gasteiger partial charge in [-0.15, -0.1) is 0 Å². The van der Waals surface area contributed by atoms with Crippen molar-refractivity contribution >= 4 is 10.0 Å². The highest BCUT2D eigenvalue weighted by Crippen LogP contribution is 2.19. The molecular weight excluding hydrogens is 262 g/mol. The molecule has 1 heterocycles. The van der Waals surface area contributed by atoms with Gasteiger partial charge in [-0.05, 0) is 31.0 Å². The van der Waals surface area contributed by atoms with Gasteiger partial charge in [0.05, 0.1) is 16.6 Å². The van der Waals surface area contributed by atoms with Gasteiger partial charge >= 0.3 is 0 Å². The smallest absolute Gasteiger partial charge is 0.241 e. The average Bonchev–Trinajstić information content (AvgIpc) is 2.92. The zero-order valence-electron chi connectivity index (χ0n) is 10.9. The predicted molar refractivity (Wildman–Crippen MR) is 73.1 cm³/mol. The van der Waals surface area contributed by atoms with Gasteiger partial charge in [0.2, 0.25) is 10.0 Å². The lowest BCUT2D eigenvalue weighted by Gasteiger charge is -2.14. The number of H-pyrrole nitrogens is 1. The Morgan fingerprint density at radius 1 is 1.32 bits per heavy atom. The third kappa shape index (κ3) is 3.02. The van der Waals surface area contributed by atoms with Gasteiger partial charge in [0.1, 0.15) is 0 Å². The van der Waals surface area contributed by atoms with Crippen molar-refractivity contribution in [2.24, 2.45) is 0 Å². The first-order chi connectivity index (χ1) is 9.04. The number of hydrogen-bond donors (Lipinski definition) is 2. The highest BCUT2D eigenvalue weighted by molar-refractivity contribution is 7.89. The Balaban J connectivity index is 2.28. The first-order valence-corrected chi connectivity index (χ1v) is 7.62. The topological polar surface area (TPSA) is 74.8 Å². The van der Waals surface area contributed by atoms with E-state index in [0.717, 1.165) is 11.3 Å². The van der Waals surface area contributed by atoms with E-state index in [0.29, 0.717) is 11.3 Å². The third-order valence-electron chi connectivity index (χ3n) is 2.96. The first-order valence-electron chi connectivity index (χ1n) is 6.14. The number of nitrogens with zero attached hydrogens (tertiary/aromatic N) is 1. The van der Waals surface area contributed by atoms with Crippen molar-refractivity contribution in [2.45, 2.75) is 31.2 Å². The van der Waals surface area contributed by atoms with Crippen molar-refractivity contribution in [1.29, 1.82) is 0 Å². The summed E-state index contributed by atoms with van der Waals surface area (Å²) in [7, 11) is -3.53. The highest BCUT2D eigenvalue weighted by Gasteiger charge is 2.21. The molecule has 5 nitrogen and oxygen atoms in total. The quantitative estimate of drug-likeness (QED) is 0.879. The maximum absolute atomic E-state index is 12.4. The summed E-state index contributed by atoms with van der Waals surface area (Å²) < 4.78 is 27.4. The van der Waals surface area contributed by atoms with Crippen molar-refractivity contribution < 1.29 is 8.42 Å². The number of aryl methyl sites for hydroxylation is 1. The second-order valence-corrected chi connectivity index (χ2v) is 6.00. The van der Waals surface area contributed by atoms with Crippen LogP contribution in [0.15, 0.2) is 41.4 Å². The highest BCUT2D eigenvalue weighted by atomic mass is 32.2. The molecule has 1 aromatic carbocycles. The number of hydrogen-bond acceptors (Lipinski definition) is 3. The van der Waals surface area contributed by atoms with Gasteiger partial charge in [-0.25, -0.2) is 13.1 Å². The largest absolute Gasteiger partial charge is 0.281 e. The summed E-state index contributed by atoms with van der Waals surface area (Å²) in [5, 5.41) is 6.58. The van der Waals surface area contributed by atoms with Gasteiger partial charge in [-0.2, -0.15) is 5.10 Å². The summed E-state index contributed by atoms with van der Waals surface area (Å²) in [5.41, 5.74) is 1.55. The Morgan fingerprint density at radius 2 is 2.05 bits per heavy atom. The molecule has 0 saturated carbocycles. The van der Waals surface area contributed by atoms with E-state index in [4.69, 9.17) is 0 Å². The zero-order valence-corrected chi connectivity index (χ0v) is 11.7. The molecule has 0 aliphatic rings. The summed E-state index contributed by atoms with van der Waals surface area (Å²) in [5.74, 6) is 0. The van der Waals surface area contributed by atoms with E-state index in [1.807, 2.05) is 19.1 Å². The van der Waals surface area contributed by atoms with Crippen molar-refractivity contribution in [3.8, 4) is 0 Å². The maximum atomic E-state index is 12.4. The van der Waals surface area contributed by atoms with Crippen LogP contribution in [0.2, 0.25) is 0 Å². The molecule has 102 valence electrons. The Hall–Kier alpha value is -1.66. The molecule has 0 radical (unpaired) electrons. The molecule has 0 bridgehead atoms. The molecule has 0 fully saturated rings. The second kappa shape index (κ2) is 5.54. The summed E-state index contributed by atoms with van der Waals surface area (Å²) in [6, 6.07) is 8.43. The van der Waals surface area contributed by atoms with Gasteiger partial charge in [0, 0.05) is 6.20 Å². The van der Waals surface area contributed by atoms with Crippen molar-refractivity contribution in [3.05, 3.63) is 47.8 Å². The van der Waals surface area contributed by atoms with E-state index in [1.54, 1.807) is 31.3 Å². The molecule has 2 rings (SSSR count). The molecule has 0 amide bonds. The molecule has 2 N–H and O–H groups in total. The van der Waals surface area contributed by atoms with Crippen LogP contribution >= 0.6 is 0 Å². The van der Waals surface area contributed by atoms with Crippen molar-refractivity contribution in [1.82, 2.24) is 14.9 Å². The standard InChI is InChI=1S/C13H17N3O2S/c1-3-11-6-4-5-7-13(11)19(17,18)16-10(2)12-8-9-14-15-12/h4-10,16H,3H2,1-2H3,(H,14,15)/t10-/m0/s1. The lowest BCUT2D eigenvalue weighted by Crippen LogP contribution is -2.28. The van der Waals surface area contributed by atoms with Crippen LogP contribution in [-0.2, 0) is 16.4 Å². The molecule has 0 aliphatic carbocycles. The molecule has 0 saturated heterocycles. The molecule has 0 aliphatic heterocycles. The monoisotopic (exact) mass is 279 g/mol. The molecule has 19 heavy (non-hydrogen) atoms. The summed E-state index contributed by atoms with van der Waals surface area (Å²) in [6.45, 7) is 3.71. The van der Waals surface area contributed by atoms with Crippen molar-refractivity contribution in [3.63, 3.8) is 0 Å². The Bertz CT molecular complexity index is 636. The first kappa shape index (κ1) is 13.8. The SMILES string of the molecule is CCc1ccccc1S(=O)(=O)N[C@@H](C)c1ccn[nH]1. The van der Waals surface area contributed by atoms with Gasteiger partial charge in [-0.3, -0.25) is 5.10 Å². The predicted octanol–water partition coefficient (Wildman–Crippen LogP) is 2.01. The van der Waals surface area contributed by atoms with Crippen LogP contribution in [0.25, 0.3) is 0 Å². The Kier molecular flexibility index (Phi) is 4.01. The molecular formula is C13H17N3O2S. The van der Waals surface area contributed by atoms with Gasteiger partial charge in [0.25, 0.3) is 0 Å². The van der Waals surface area contributed by atoms with E-state index in [1.165, 1.54) is 0 Å². The van der Waals surface area contributed by atoms with E-state index in [2.05, 4.69) is 14.9 Å². The van der Waals surface area contributed by atoms with Crippen LogP contribution in [0.1, 0.15) is 31.1 Å². The van der Waals surface area contributed by atoms with Gasteiger partial charge < -0.3 is 0 Å². The summed E-state index contributed by atoms with van der Waals surface area (Å²) in [6.07, 6.45) is 2.27. The Morgan fingerprint density at radius 3 is 2.68 bits per heavy atom. The molecule has 6 heteroatoms. The van der Waals surface area contributed by atoms with E-state index in [-0.39, 0.29) is 6.04 Å². The maximum Gasteiger partial charge on any atom is 0.241 e. The summed E-state index contributed by atoms with van der Waals surface area (Å²) >= 11 is 0. The lowest BCUT2D eigenvalue weighted by molar-refractivity contribution is 0.562. The number of rotatable bonds is 5. The normalized spacial score (nSPS) is 13.4. The average molecular weight is 279 g/mol. The van der Waals surface area contributed by atoms with Gasteiger partial charge in [0.15, 0.2) is 0 Å². The number of aromatic nitrogens is 2. The van der Waals surface area contributed by atoms with E-state index in [9.17, 15) is 8.42 Å². The molecule has 0 unspecified atom stereocenters. The molecule has 0 spiro atoms. The van der Waals surface area contributed by atoms with Crippen LogP contribution in [-0.4, -0.2) is 18.6 Å². The van der Waals surface area contributed by atoms with Crippen LogP contribution in [0.5, 0.6) is 0 Å². The number of nitrogens with one attached hydrogen (secondary N) is 2. The summed E-state index contributed by atoms with van der Waals surface area (Å²) in [4.78, 5) is 0.337. The third-order valence-corrected chi connectivity index (χ3v) is 4.60. The van der Waals surface area contributed by atoms with Crippen LogP contribution in [0.4, 0.5) is 0 Å². The minimum absolute atomic E-state index is 0.337. The fourth-order valence-electron chi connectivity index (χ4n) is 1.93.